The minimum absolute atomic E-state index is 0.728. The molecule has 0 fully saturated rings. The Morgan fingerprint density at radius 2 is 1.95 bits per heavy atom. The molecule has 4 heteroatoms. The van der Waals surface area contributed by atoms with Gasteiger partial charge in [-0.1, -0.05) is 22.0 Å². The molecule has 3 N–H and O–H groups in total. The molecule has 19 heavy (non-hydrogen) atoms. The Morgan fingerprint density at radius 3 is 2.74 bits per heavy atom. The summed E-state index contributed by atoms with van der Waals surface area (Å²) in [6.07, 6.45) is 0. The van der Waals surface area contributed by atoms with E-state index < -0.39 is 0 Å². The van der Waals surface area contributed by atoms with E-state index >= 15 is 0 Å². The number of anilines is 1. The zero-order valence-corrected chi connectivity index (χ0v) is 12.4. The van der Waals surface area contributed by atoms with Crippen LogP contribution < -0.4 is 5.73 Å². The van der Waals surface area contributed by atoms with E-state index in [1.165, 1.54) is 11.1 Å². The second-order valence-electron chi connectivity index (χ2n) is 4.80. The van der Waals surface area contributed by atoms with Crippen molar-refractivity contribution in [1.29, 1.82) is 0 Å². The molecule has 0 saturated carbocycles. The van der Waals surface area contributed by atoms with Gasteiger partial charge in [0.15, 0.2) is 0 Å². The number of imidazole rings is 1. The number of rotatable bonds is 1. The highest BCUT2D eigenvalue weighted by molar-refractivity contribution is 9.10. The van der Waals surface area contributed by atoms with Crippen LogP contribution in [0, 0.1) is 13.8 Å². The summed E-state index contributed by atoms with van der Waals surface area (Å²) in [5.74, 6) is 0.836. The van der Waals surface area contributed by atoms with Gasteiger partial charge in [0, 0.05) is 15.7 Å². The molecule has 0 amide bonds. The molecular weight excluding hydrogens is 302 g/mol. The maximum absolute atomic E-state index is 5.85. The van der Waals surface area contributed by atoms with Gasteiger partial charge in [-0.2, -0.15) is 0 Å². The van der Waals surface area contributed by atoms with Gasteiger partial charge < -0.3 is 10.7 Å². The number of nitrogen functional groups attached to an aromatic ring is 1. The third-order valence-electron chi connectivity index (χ3n) is 3.17. The molecule has 0 unspecified atom stereocenters. The van der Waals surface area contributed by atoms with Crippen molar-refractivity contribution >= 4 is 32.7 Å². The van der Waals surface area contributed by atoms with Gasteiger partial charge in [0.2, 0.25) is 0 Å². The van der Waals surface area contributed by atoms with Crippen LogP contribution in [0.3, 0.4) is 0 Å². The van der Waals surface area contributed by atoms with Crippen molar-refractivity contribution in [2.45, 2.75) is 13.8 Å². The van der Waals surface area contributed by atoms with Crippen molar-refractivity contribution in [2.24, 2.45) is 0 Å². The average Bonchev–Trinajstić information content (AvgIpc) is 2.76. The number of aromatic amines is 1. The van der Waals surface area contributed by atoms with Crippen LogP contribution in [0.2, 0.25) is 0 Å². The summed E-state index contributed by atoms with van der Waals surface area (Å²) >= 11 is 3.54. The van der Waals surface area contributed by atoms with Crippen molar-refractivity contribution in [3.63, 3.8) is 0 Å². The number of fused-ring (bicyclic) bond motifs is 1. The van der Waals surface area contributed by atoms with Crippen LogP contribution in [-0.2, 0) is 0 Å². The first-order valence-electron chi connectivity index (χ1n) is 6.07. The summed E-state index contributed by atoms with van der Waals surface area (Å²) in [5.41, 5.74) is 12.0. The van der Waals surface area contributed by atoms with Gasteiger partial charge in [0.1, 0.15) is 5.82 Å². The van der Waals surface area contributed by atoms with Crippen molar-refractivity contribution < 1.29 is 0 Å². The fraction of sp³-hybridized carbons (Fsp3) is 0.133. The quantitative estimate of drug-likeness (QED) is 0.661. The van der Waals surface area contributed by atoms with Crippen molar-refractivity contribution in [3.05, 3.63) is 45.9 Å². The second-order valence-corrected chi connectivity index (χ2v) is 5.66. The SMILES string of the molecule is Cc1cc(C)c2nc(-c3cc(N)ccc3Br)[nH]c2c1. The maximum Gasteiger partial charge on any atom is 0.139 e. The van der Waals surface area contributed by atoms with Gasteiger partial charge in [0.05, 0.1) is 11.0 Å². The van der Waals surface area contributed by atoms with Crippen molar-refractivity contribution in [2.75, 3.05) is 5.73 Å². The molecule has 3 nitrogen and oxygen atoms in total. The average molecular weight is 316 g/mol. The largest absolute Gasteiger partial charge is 0.399 e. The molecule has 0 aliphatic heterocycles. The van der Waals surface area contributed by atoms with E-state index in [0.717, 1.165) is 32.6 Å². The Kier molecular flexibility index (Phi) is 2.82. The van der Waals surface area contributed by atoms with Gasteiger partial charge in [0.25, 0.3) is 0 Å². The van der Waals surface area contributed by atoms with Gasteiger partial charge in [-0.05, 0) is 49.2 Å². The summed E-state index contributed by atoms with van der Waals surface area (Å²) in [6, 6.07) is 9.98. The molecule has 3 aromatic rings. The van der Waals surface area contributed by atoms with E-state index in [-0.39, 0.29) is 0 Å². The lowest BCUT2D eigenvalue weighted by atomic mass is 10.1. The number of nitrogens with two attached hydrogens (primary N) is 1. The van der Waals surface area contributed by atoms with Crippen molar-refractivity contribution in [1.82, 2.24) is 9.97 Å². The van der Waals surface area contributed by atoms with Crippen LogP contribution in [0.5, 0.6) is 0 Å². The summed E-state index contributed by atoms with van der Waals surface area (Å²) in [5, 5.41) is 0. The first-order chi connectivity index (χ1) is 9.04. The molecule has 0 saturated heterocycles. The molecule has 0 atom stereocenters. The normalized spacial score (nSPS) is 11.1. The first kappa shape index (κ1) is 12.2. The van der Waals surface area contributed by atoms with Crippen LogP contribution >= 0.6 is 15.9 Å². The Balaban J connectivity index is 2.26. The number of aromatic nitrogens is 2. The number of halogens is 1. The molecule has 1 heterocycles. The smallest absolute Gasteiger partial charge is 0.139 e. The Bertz CT molecular complexity index is 774. The molecule has 0 spiro atoms. The third kappa shape index (κ3) is 2.12. The number of benzene rings is 2. The zero-order valence-electron chi connectivity index (χ0n) is 10.8. The molecule has 2 aromatic carbocycles. The Hall–Kier alpha value is -1.81. The van der Waals surface area contributed by atoms with Crippen molar-refractivity contribution in [3.8, 4) is 11.4 Å². The third-order valence-corrected chi connectivity index (χ3v) is 3.86. The van der Waals surface area contributed by atoms with Gasteiger partial charge in [-0.3, -0.25) is 0 Å². The van der Waals surface area contributed by atoms with E-state index in [0.29, 0.717) is 0 Å². The first-order valence-corrected chi connectivity index (χ1v) is 6.86. The fourth-order valence-electron chi connectivity index (χ4n) is 2.32. The molecule has 0 aliphatic carbocycles. The minimum Gasteiger partial charge on any atom is -0.399 e. The van der Waals surface area contributed by atoms with Gasteiger partial charge >= 0.3 is 0 Å². The van der Waals surface area contributed by atoms with E-state index in [1.807, 2.05) is 18.2 Å². The van der Waals surface area contributed by atoms with Crippen LogP contribution in [0.1, 0.15) is 11.1 Å². The highest BCUT2D eigenvalue weighted by atomic mass is 79.9. The topological polar surface area (TPSA) is 54.7 Å². The Labute approximate surface area is 120 Å². The monoisotopic (exact) mass is 315 g/mol. The van der Waals surface area contributed by atoms with Gasteiger partial charge in [-0.25, -0.2) is 4.98 Å². The number of H-pyrrole nitrogens is 1. The summed E-state index contributed by atoms with van der Waals surface area (Å²) < 4.78 is 0.982. The lowest BCUT2D eigenvalue weighted by Crippen LogP contribution is -1.88. The maximum atomic E-state index is 5.85. The lowest BCUT2D eigenvalue weighted by Gasteiger charge is -2.01. The van der Waals surface area contributed by atoms with E-state index in [1.54, 1.807) is 0 Å². The summed E-state index contributed by atoms with van der Waals surface area (Å²) in [6.45, 7) is 4.16. The fourth-order valence-corrected chi connectivity index (χ4v) is 2.76. The second kappa shape index (κ2) is 4.38. The van der Waals surface area contributed by atoms with Gasteiger partial charge in [-0.15, -0.1) is 0 Å². The lowest BCUT2D eigenvalue weighted by molar-refractivity contribution is 1.32. The Morgan fingerprint density at radius 1 is 1.16 bits per heavy atom. The number of nitrogens with zero attached hydrogens (tertiary/aromatic N) is 1. The molecule has 0 radical (unpaired) electrons. The van der Waals surface area contributed by atoms with E-state index in [4.69, 9.17) is 5.73 Å². The predicted octanol–water partition coefficient (Wildman–Crippen LogP) is 4.19. The molecular formula is C15H14BrN3. The highest BCUT2D eigenvalue weighted by Gasteiger charge is 2.10. The van der Waals surface area contributed by atoms with E-state index in [2.05, 4.69) is 51.9 Å². The number of hydrogen-bond acceptors (Lipinski definition) is 2. The number of aryl methyl sites for hydroxylation is 2. The molecule has 0 bridgehead atoms. The van der Waals surface area contributed by atoms with E-state index in [9.17, 15) is 0 Å². The standard InChI is InChI=1S/C15H14BrN3/c1-8-5-9(2)14-13(6-8)18-15(19-14)11-7-10(17)3-4-12(11)16/h3-7H,17H2,1-2H3,(H,18,19). The molecule has 3 rings (SSSR count). The number of hydrogen-bond donors (Lipinski definition) is 2. The van der Waals surface area contributed by atoms with Crippen LogP contribution in [0.25, 0.3) is 22.4 Å². The molecule has 1 aromatic heterocycles. The zero-order chi connectivity index (χ0) is 13.6. The predicted molar refractivity (Wildman–Crippen MR) is 83.1 cm³/mol. The van der Waals surface area contributed by atoms with Crippen LogP contribution in [0.4, 0.5) is 5.69 Å². The highest BCUT2D eigenvalue weighted by Crippen LogP contribution is 2.30. The molecule has 96 valence electrons. The summed E-state index contributed by atoms with van der Waals surface area (Å²) in [7, 11) is 0. The summed E-state index contributed by atoms with van der Waals surface area (Å²) in [4.78, 5) is 8.05. The van der Waals surface area contributed by atoms with Crippen LogP contribution in [-0.4, -0.2) is 9.97 Å². The number of nitrogens with one attached hydrogen (secondary N) is 1. The van der Waals surface area contributed by atoms with Crippen LogP contribution in [0.15, 0.2) is 34.8 Å². The molecule has 0 aliphatic rings. The minimum atomic E-state index is 0.728.